The molecule has 0 aliphatic rings. The van der Waals surface area contributed by atoms with Crippen LogP contribution in [0.3, 0.4) is 0 Å². The Morgan fingerprint density at radius 3 is 2.65 bits per heavy atom. The molecule has 2 N–H and O–H groups in total. The van der Waals surface area contributed by atoms with Crippen LogP contribution in [0, 0.1) is 0 Å². The zero-order chi connectivity index (χ0) is 12.4. The predicted octanol–water partition coefficient (Wildman–Crippen LogP) is 4.59. The molecule has 0 radical (unpaired) electrons. The molecule has 1 unspecified atom stereocenters. The molecule has 0 aliphatic heterocycles. The van der Waals surface area contributed by atoms with Gasteiger partial charge in [-0.05, 0) is 58.2 Å². The highest BCUT2D eigenvalue weighted by molar-refractivity contribution is 9.10. The van der Waals surface area contributed by atoms with E-state index in [4.69, 9.17) is 33.4 Å². The molecule has 2 nitrogen and oxygen atoms in total. The number of furan rings is 1. The molecule has 0 saturated heterocycles. The first-order valence-electron chi connectivity index (χ1n) is 5.01. The van der Waals surface area contributed by atoms with E-state index in [0.717, 1.165) is 5.56 Å². The Morgan fingerprint density at radius 1 is 1.24 bits per heavy atom. The Bertz CT molecular complexity index is 527. The standard InChI is InChI=1S/C12H10BrCl2NO/c13-12-4-3-11(17-12)10(16)6-7-5-8(14)1-2-9(7)15/h1-5,10H,6,16H2. The van der Waals surface area contributed by atoms with E-state index in [1.807, 2.05) is 18.2 Å². The van der Waals surface area contributed by atoms with E-state index < -0.39 is 0 Å². The third-order valence-corrected chi connectivity index (χ3v) is 3.44. The highest BCUT2D eigenvalue weighted by Gasteiger charge is 2.13. The maximum atomic E-state index is 6.08. The third-order valence-electron chi connectivity index (χ3n) is 2.41. The van der Waals surface area contributed by atoms with Gasteiger partial charge in [0.2, 0.25) is 0 Å². The Kier molecular flexibility index (Phi) is 4.15. The molecule has 1 heterocycles. The smallest absolute Gasteiger partial charge is 0.169 e. The molecular weight excluding hydrogens is 325 g/mol. The van der Waals surface area contributed by atoms with Crippen molar-refractivity contribution in [1.82, 2.24) is 0 Å². The van der Waals surface area contributed by atoms with E-state index in [9.17, 15) is 0 Å². The summed E-state index contributed by atoms with van der Waals surface area (Å²) < 4.78 is 6.07. The van der Waals surface area contributed by atoms with Crippen molar-refractivity contribution in [2.24, 2.45) is 5.73 Å². The van der Waals surface area contributed by atoms with Crippen LogP contribution in [0.4, 0.5) is 0 Å². The zero-order valence-electron chi connectivity index (χ0n) is 8.79. The minimum atomic E-state index is -0.239. The maximum Gasteiger partial charge on any atom is 0.169 e. The van der Waals surface area contributed by atoms with Crippen molar-refractivity contribution < 1.29 is 4.42 Å². The molecule has 0 saturated carbocycles. The molecule has 1 aromatic carbocycles. The van der Waals surface area contributed by atoms with Crippen LogP contribution in [0.15, 0.2) is 39.4 Å². The van der Waals surface area contributed by atoms with Crippen LogP contribution in [-0.2, 0) is 6.42 Å². The van der Waals surface area contributed by atoms with E-state index in [2.05, 4.69) is 15.9 Å². The first-order valence-corrected chi connectivity index (χ1v) is 6.56. The Morgan fingerprint density at radius 2 is 2.00 bits per heavy atom. The van der Waals surface area contributed by atoms with Crippen LogP contribution in [-0.4, -0.2) is 0 Å². The number of rotatable bonds is 3. The minimum absolute atomic E-state index is 0.239. The van der Waals surface area contributed by atoms with Gasteiger partial charge in [0.1, 0.15) is 5.76 Å². The van der Waals surface area contributed by atoms with E-state index in [1.54, 1.807) is 12.1 Å². The molecule has 0 fully saturated rings. The summed E-state index contributed by atoms with van der Waals surface area (Å²) in [6.07, 6.45) is 0.583. The molecular formula is C12H10BrCl2NO. The summed E-state index contributed by atoms with van der Waals surface area (Å²) in [6.45, 7) is 0. The van der Waals surface area contributed by atoms with Crippen molar-refractivity contribution >= 4 is 39.1 Å². The molecule has 0 spiro atoms. The summed E-state index contributed by atoms with van der Waals surface area (Å²) in [5.41, 5.74) is 6.96. The van der Waals surface area contributed by atoms with E-state index in [0.29, 0.717) is 26.9 Å². The van der Waals surface area contributed by atoms with Crippen molar-refractivity contribution in [3.8, 4) is 0 Å². The lowest BCUT2D eigenvalue weighted by Gasteiger charge is -2.10. The van der Waals surface area contributed by atoms with Gasteiger partial charge in [-0.2, -0.15) is 0 Å². The Labute approximate surface area is 118 Å². The molecule has 1 aromatic heterocycles. The zero-order valence-corrected chi connectivity index (χ0v) is 11.9. The second kappa shape index (κ2) is 5.44. The van der Waals surface area contributed by atoms with Gasteiger partial charge in [-0.1, -0.05) is 23.2 Å². The molecule has 2 rings (SSSR count). The van der Waals surface area contributed by atoms with Crippen molar-refractivity contribution in [2.75, 3.05) is 0 Å². The second-order valence-electron chi connectivity index (χ2n) is 3.69. The van der Waals surface area contributed by atoms with Gasteiger partial charge < -0.3 is 10.2 Å². The summed E-state index contributed by atoms with van der Waals surface area (Å²) in [7, 11) is 0. The fourth-order valence-corrected chi connectivity index (χ4v) is 2.27. The van der Waals surface area contributed by atoms with Crippen LogP contribution in [0.5, 0.6) is 0 Å². The lowest BCUT2D eigenvalue weighted by Crippen LogP contribution is -2.12. The van der Waals surface area contributed by atoms with Gasteiger partial charge in [0, 0.05) is 10.0 Å². The second-order valence-corrected chi connectivity index (χ2v) is 5.31. The highest BCUT2D eigenvalue weighted by atomic mass is 79.9. The van der Waals surface area contributed by atoms with Gasteiger partial charge >= 0.3 is 0 Å². The molecule has 5 heteroatoms. The molecule has 17 heavy (non-hydrogen) atoms. The number of hydrogen-bond donors (Lipinski definition) is 1. The maximum absolute atomic E-state index is 6.08. The summed E-state index contributed by atoms with van der Waals surface area (Å²) in [5.74, 6) is 0.716. The Balaban J connectivity index is 2.18. The average molecular weight is 335 g/mol. The number of benzene rings is 1. The normalized spacial score (nSPS) is 12.7. The lowest BCUT2D eigenvalue weighted by molar-refractivity contribution is 0.448. The van der Waals surface area contributed by atoms with E-state index >= 15 is 0 Å². The largest absolute Gasteiger partial charge is 0.453 e. The quantitative estimate of drug-likeness (QED) is 0.891. The first-order chi connectivity index (χ1) is 8.06. The molecule has 90 valence electrons. The van der Waals surface area contributed by atoms with Crippen molar-refractivity contribution in [3.05, 3.63) is 56.4 Å². The van der Waals surface area contributed by atoms with Gasteiger partial charge in [-0.25, -0.2) is 0 Å². The Hall–Kier alpha value is -0.480. The number of nitrogens with two attached hydrogens (primary N) is 1. The van der Waals surface area contributed by atoms with Crippen molar-refractivity contribution in [1.29, 1.82) is 0 Å². The fourth-order valence-electron chi connectivity index (χ4n) is 1.56. The molecule has 1 atom stereocenters. The fraction of sp³-hybridized carbons (Fsp3) is 0.167. The average Bonchev–Trinajstić information content (AvgIpc) is 2.70. The van der Waals surface area contributed by atoms with Gasteiger partial charge in [-0.15, -0.1) is 0 Å². The van der Waals surface area contributed by atoms with Gasteiger partial charge in [0.15, 0.2) is 4.67 Å². The van der Waals surface area contributed by atoms with Crippen molar-refractivity contribution in [3.63, 3.8) is 0 Å². The van der Waals surface area contributed by atoms with Gasteiger partial charge in [0.25, 0.3) is 0 Å². The van der Waals surface area contributed by atoms with Gasteiger partial charge in [0.05, 0.1) is 6.04 Å². The SMILES string of the molecule is NC(Cc1cc(Cl)ccc1Cl)c1ccc(Br)o1. The van der Waals surface area contributed by atoms with E-state index in [-0.39, 0.29) is 6.04 Å². The number of hydrogen-bond acceptors (Lipinski definition) is 2. The number of halogens is 3. The molecule has 0 amide bonds. The van der Waals surface area contributed by atoms with Crippen LogP contribution in [0.2, 0.25) is 10.0 Å². The van der Waals surface area contributed by atoms with Crippen LogP contribution < -0.4 is 5.73 Å². The molecule has 0 bridgehead atoms. The molecule has 0 aliphatic carbocycles. The van der Waals surface area contributed by atoms with Crippen LogP contribution in [0.1, 0.15) is 17.4 Å². The topological polar surface area (TPSA) is 39.2 Å². The molecule has 2 aromatic rings. The summed E-state index contributed by atoms with van der Waals surface area (Å²) in [6, 6.07) is 8.76. The predicted molar refractivity (Wildman–Crippen MR) is 73.5 cm³/mol. The lowest BCUT2D eigenvalue weighted by atomic mass is 10.0. The first kappa shape index (κ1) is 13.0. The third kappa shape index (κ3) is 3.26. The van der Waals surface area contributed by atoms with Crippen molar-refractivity contribution in [2.45, 2.75) is 12.5 Å². The summed E-state index contributed by atoms with van der Waals surface area (Å²) in [4.78, 5) is 0. The van der Waals surface area contributed by atoms with Crippen LogP contribution in [0.25, 0.3) is 0 Å². The monoisotopic (exact) mass is 333 g/mol. The summed E-state index contributed by atoms with van der Waals surface area (Å²) >= 11 is 15.2. The highest BCUT2D eigenvalue weighted by Crippen LogP contribution is 2.26. The summed E-state index contributed by atoms with van der Waals surface area (Å²) in [5, 5.41) is 1.31. The van der Waals surface area contributed by atoms with Gasteiger partial charge in [-0.3, -0.25) is 0 Å². The van der Waals surface area contributed by atoms with E-state index in [1.165, 1.54) is 0 Å². The minimum Gasteiger partial charge on any atom is -0.453 e. The van der Waals surface area contributed by atoms with Crippen LogP contribution >= 0.6 is 39.1 Å².